The van der Waals surface area contributed by atoms with Crippen LogP contribution in [0.1, 0.15) is 55.4 Å². The van der Waals surface area contributed by atoms with Crippen LogP contribution in [0.25, 0.3) is 0 Å². The van der Waals surface area contributed by atoms with Gasteiger partial charge in [-0.3, -0.25) is 12.2 Å². The van der Waals surface area contributed by atoms with Gasteiger partial charge in [0.1, 0.15) is 0 Å². The summed E-state index contributed by atoms with van der Waals surface area (Å²) in [7, 11) is 0.750. The van der Waals surface area contributed by atoms with Crippen LogP contribution in [0.15, 0.2) is 33.4 Å². The minimum atomic E-state index is 0. The van der Waals surface area contributed by atoms with Crippen molar-refractivity contribution in [1.29, 1.82) is 0 Å². The first-order chi connectivity index (χ1) is 9.67. The van der Waals surface area contributed by atoms with E-state index in [-0.39, 0.29) is 26.2 Å². The van der Waals surface area contributed by atoms with Crippen LogP contribution in [0, 0.1) is 24.0 Å². The van der Waals surface area contributed by atoms with Crippen LogP contribution < -0.4 is 0 Å². The molecule has 2 unspecified atom stereocenters. The summed E-state index contributed by atoms with van der Waals surface area (Å²) in [6.07, 6.45) is 6.72. The summed E-state index contributed by atoms with van der Waals surface area (Å²) in [4.78, 5) is 0. The summed E-state index contributed by atoms with van der Waals surface area (Å²) >= 11 is 0. The maximum absolute atomic E-state index is 3.36. The zero-order valence-corrected chi connectivity index (χ0v) is 19.8. The van der Waals surface area contributed by atoms with Crippen molar-refractivity contribution in [1.82, 2.24) is 0 Å². The molecule has 2 aliphatic carbocycles. The van der Waals surface area contributed by atoms with Gasteiger partial charge in [0.25, 0.3) is 0 Å². The van der Waals surface area contributed by atoms with Crippen molar-refractivity contribution < 1.29 is 26.2 Å². The van der Waals surface area contributed by atoms with E-state index in [9.17, 15) is 0 Å². The molecule has 2 rings (SSSR count). The first-order valence-electron chi connectivity index (χ1n) is 7.96. The molecule has 2 atom stereocenters. The molecule has 0 saturated heterocycles. The van der Waals surface area contributed by atoms with E-state index in [0.717, 1.165) is 9.52 Å². The summed E-state index contributed by atoms with van der Waals surface area (Å²) in [5, 5.41) is 0. The van der Waals surface area contributed by atoms with Gasteiger partial charge >= 0.3 is 26.2 Å². The Hall–Kier alpha value is 0.0600. The van der Waals surface area contributed by atoms with Crippen molar-refractivity contribution in [3.63, 3.8) is 0 Å². The molecule has 0 bridgehead atoms. The quantitative estimate of drug-likeness (QED) is 0.352. The molecule has 0 aromatic carbocycles. The Bertz CT molecular complexity index is 434. The number of allylic oxidation sites excluding steroid dienone is 8. The van der Waals surface area contributed by atoms with E-state index in [1.807, 2.05) is 0 Å². The van der Waals surface area contributed by atoms with Crippen LogP contribution in [0.4, 0.5) is 0 Å². The van der Waals surface area contributed by atoms with Crippen molar-refractivity contribution >= 4 is 9.52 Å². The molecule has 2 aliphatic rings. The first-order valence-corrected chi connectivity index (χ1v) is 10.3. The van der Waals surface area contributed by atoms with E-state index in [1.54, 1.807) is 0 Å². The molecule has 1 radical (unpaired) electrons. The van der Waals surface area contributed by atoms with Gasteiger partial charge in [0.2, 0.25) is 0 Å². The molecule has 22 heavy (non-hydrogen) atoms. The third-order valence-electron chi connectivity index (χ3n) is 4.47. The molecule has 0 heterocycles. The average molecular weight is 393 g/mol. The Morgan fingerprint density at radius 3 is 0.955 bits per heavy atom. The Morgan fingerprint density at radius 2 is 0.909 bits per heavy atom. The summed E-state index contributed by atoms with van der Waals surface area (Å²) < 4.78 is 0. The molecular formula is C20H33SiZr. The molecule has 0 aromatic heterocycles. The van der Waals surface area contributed by atoms with Gasteiger partial charge in [-0.05, 0) is 0 Å². The second kappa shape index (κ2) is 11.6. The van der Waals surface area contributed by atoms with Gasteiger partial charge in [0, 0.05) is 9.52 Å². The van der Waals surface area contributed by atoms with Crippen molar-refractivity contribution in [2.75, 3.05) is 0 Å². The fraction of sp³-hybridized carbons (Fsp3) is 0.600. The third kappa shape index (κ3) is 7.09. The first kappa shape index (κ1) is 24.3. The van der Waals surface area contributed by atoms with Crippen LogP contribution in [0.3, 0.4) is 0 Å². The number of rotatable bonds is 0. The summed E-state index contributed by atoms with van der Waals surface area (Å²) in [6, 6.07) is 0. The monoisotopic (exact) mass is 391 g/mol. The van der Waals surface area contributed by atoms with E-state index in [0.29, 0.717) is 11.8 Å². The van der Waals surface area contributed by atoms with Crippen molar-refractivity contribution in [2.24, 2.45) is 11.8 Å². The Morgan fingerprint density at radius 1 is 0.682 bits per heavy atom. The van der Waals surface area contributed by atoms with Crippen LogP contribution in [-0.2, 0) is 26.2 Å². The van der Waals surface area contributed by atoms with E-state index in [4.69, 9.17) is 0 Å². The van der Waals surface area contributed by atoms with E-state index >= 15 is 0 Å². The molecule has 0 nitrogen and oxygen atoms in total. The van der Waals surface area contributed by atoms with Crippen LogP contribution in [0.2, 0.25) is 13.1 Å². The smallest absolute Gasteiger partial charge is 0.266 e. The Balaban J connectivity index is 0. The minimum absolute atomic E-state index is 0. The third-order valence-corrected chi connectivity index (χ3v) is 4.47. The molecular weight excluding hydrogens is 360 g/mol. The van der Waals surface area contributed by atoms with Gasteiger partial charge in [-0.2, -0.15) is 22.3 Å². The Kier molecular flexibility index (Phi) is 12.8. The average Bonchev–Trinajstić information content (AvgIpc) is 2.77. The van der Waals surface area contributed by atoms with E-state index in [1.165, 1.54) is 33.4 Å². The molecule has 0 amide bonds. The summed E-state index contributed by atoms with van der Waals surface area (Å²) in [6.45, 7) is 21.8. The Labute approximate surface area is 161 Å². The number of hydrogen-bond acceptors (Lipinski definition) is 0. The van der Waals surface area contributed by atoms with Gasteiger partial charge in [0.15, 0.2) is 0 Å². The predicted molar refractivity (Wildman–Crippen MR) is 98.8 cm³/mol. The van der Waals surface area contributed by atoms with Crippen molar-refractivity contribution in [3.05, 3.63) is 45.6 Å². The molecule has 0 aromatic rings. The molecule has 0 N–H and O–H groups in total. The maximum atomic E-state index is 3.36. The molecule has 0 aliphatic heterocycles. The zero-order chi connectivity index (χ0) is 16.7. The largest absolute Gasteiger partial charge is 2.00 e. The van der Waals surface area contributed by atoms with Crippen LogP contribution in [0.5, 0.6) is 0 Å². The van der Waals surface area contributed by atoms with Gasteiger partial charge in [-0.25, -0.2) is 11.1 Å². The van der Waals surface area contributed by atoms with Gasteiger partial charge in [-0.15, -0.1) is 13.8 Å². The topological polar surface area (TPSA) is 0 Å². The zero-order valence-electron chi connectivity index (χ0n) is 16.2. The van der Waals surface area contributed by atoms with Gasteiger partial charge in [0.05, 0.1) is 0 Å². The van der Waals surface area contributed by atoms with E-state index < -0.39 is 0 Å². The van der Waals surface area contributed by atoms with Crippen molar-refractivity contribution in [2.45, 2.75) is 68.5 Å². The molecule has 121 valence electrons. The second-order valence-electron chi connectivity index (χ2n) is 6.18. The van der Waals surface area contributed by atoms with Gasteiger partial charge < -0.3 is 0 Å². The molecule has 0 saturated carbocycles. The predicted octanol–water partition coefficient (Wildman–Crippen LogP) is 5.96. The fourth-order valence-electron chi connectivity index (χ4n) is 2.32. The van der Waals surface area contributed by atoms with Crippen LogP contribution >= 0.6 is 0 Å². The normalized spacial score (nSPS) is 23.0. The second-order valence-corrected chi connectivity index (χ2v) is 7.33. The number of hydrogen-bond donors (Lipinski definition) is 0. The SMILES string of the molecule is CC1=[C-]C(C)C(C)=C1C.CC1=[C-]C(C)C(C)=C1C.C[SiH]C.[Zr+2]. The molecule has 0 fully saturated rings. The van der Waals surface area contributed by atoms with Gasteiger partial charge in [-0.1, -0.05) is 66.5 Å². The molecule has 0 spiro atoms. The summed E-state index contributed by atoms with van der Waals surface area (Å²) in [5.74, 6) is 1.12. The fourth-order valence-corrected chi connectivity index (χ4v) is 2.32. The van der Waals surface area contributed by atoms with Crippen LogP contribution in [-0.4, -0.2) is 9.52 Å². The van der Waals surface area contributed by atoms with Crippen molar-refractivity contribution in [3.8, 4) is 0 Å². The van der Waals surface area contributed by atoms with E-state index in [2.05, 4.69) is 80.6 Å². The summed E-state index contributed by atoms with van der Waals surface area (Å²) in [5.41, 5.74) is 8.49. The maximum Gasteiger partial charge on any atom is 2.00 e. The minimum Gasteiger partial charge on any atom is -0.266 e. The standard InChI is InChI=1S/2C9H13.C2H7Si.Zr/c2*1-6-5-7(2)9(4)8(6)3;1-3-2;/h2*6H,1-4H3;3H,1-2H3;/q2*-1;;+2. The molecule has 2 heteroatoms.